The summed E-state index contributed by atoms with van der Waals surface area (Å²) in [6.07, 6.45) is 0. The van der Waals surface area contributed by atoms with Crippen molar-refractivity contribution in [3.05, 3.63) is 59.9 Å². The van der Waals surface area contributed by atoms with E-state index in [9.17, 15) is 9.18 Å². The number of carbonyl (C=O) groups is 1. The highest BCUT2D eigenvalue weighted by Gasteiger charge is 2.04. The van der Waals surface area contributed by atoms with E-state index in [2.05, 4.69) is 5.32 Å². The fraction of sp³-hybridized carbons (Fsp3) is 0.133. The van der Waals surface area contributed by atoms with Crippen LogP contribution in [0.15, 0.2) is 48.5 Å². The van der Waals surface area contributed by atoms with Crippen LogP contribution >= 0.6 is 0 Å². The van der Waals surface area contributed by atoms with E-state index in [4.69, 9.17) is 10.5 Å². The van der Waals surface area contributed by atoms with Crippen LogP contribution in [-0.2, 0) is 11.3 Å². The van der Waals surface area contributed by atoms with Gasteiger partial charge in [-0.1, -0.05) is 18.2 Å². The summed E-state index contributed by atoms with van der Waals surface area (Å²) in [6, 6.07) is 12.9. The average Bonchev–Trinajstić information content (AvgIpc) is 2.46. The monoisotopic (exact) mass is 274 g/mol. The molecule has 0 aliphatic rings. The number of hydrogen-bond acceptors (Lipinski definition) is 3. The Hall–Kier alpha value is -2.40. The molecule has 0 atom stereocenters. The molecular weight excluding hydrogens is 259 g/mol. The zero-order valence-electron chi connectivity index (χ0n) is 10.8. The molecule has 0 fully saturated rings. The quantitative estimate of drug-likeness (QED) is 0.879. The number of benzene rings is 2. The summed E-state index contributed by atoms with van der Waals surface area (Å²) in [4.78, 5) is 11.7. The number of nitrogens with one attached hydrogen (secondary N) is 1. The van der Waals surface area contributed by atoms with Crippen LogP contribution in [-0.4, -0.2) is 12.5 Å². The van der Waals surface area contributed by atoms with E-state index in [-0.39, 0.29) is 12.5 Å². The van der Waals surface area contributed by atoms with Gasteiger partial charge in [0.2, 0.25) is 0 Å². The molecule has 0 spiro atoms. The molecule has 3 N–H and O–H groups in total. The first kappa shape index (κ1) is 14.0. The number of ether oxygens (including phenoxy) is 1. The summed E-state index contributed by atoms with van der Waals surface area (Å²) in [5, 5.41) is 2.68. The maximum absolute atomic E-state index is 12.9. The van der Waals surface area contributed by atoms with Gasteiger partial charge in [0.25, 0.3) is 5.91 Å². The summed E-state index contributed by atoms with van der Waals surface area (Å²) < 4.78 is 18.1. The lowest BCUT2D eigenvalue weighted by molar-refractivity contribution is -0.118. The van der Waals surface area contributed by atoms with Gasteiger partial charge in [0.15, 0.2) is 6.61 Å². The van der Waals surface area contributed by atoms with Crippen LogP contribution in [0.25, 0.3) is 0 Å². The van der Waals surface area contributed by atoms with Crippen molar-refractivity contribution in [1.82, 2.24) is 0 Å². The number of carbonyl (C=O) groups excluding carboxylic acids is 1. The van der Waals surface area contributed by atoms with Crippen molar-refractivity contribution < 1.29 is 13.9 Å². The minimum absolute atomic E-state index is 0.178. The lowest BCUT2D eigenvalue weighted by Crippen LogP contribution is -2.20. The van der Waals surface area contributed by atoms with Gasteiger partial charge in [-0.15, -0.1) is 0 Å². The van der Waals surface area contributed by atoms with E-state index in [0.29, 0.717) is 18.0 Å². The first-order chi connectivity index (χ1) is 9.67. The van der Waals surface area contributed by atoms with Gasteiger partial charge < -0.3 is 15.8 Å². The third-order valence-corrected chi connectivity index (χ3v) is 2.64. The molecule has 0 heterocycles. The molecule has 0 unspecified atom stereocenters. The first-order valence-electron chi connectivity index (χ1n) is 6.14. The third-order valence-electron chi connectivity index (χ3n) is 2.64. The maximum Gasteiger partial charge on any atom is 0.262 e. The largest absolute Gasteiger partial charge is 0.484 e. The molecule has 20 heavy (non-hydrogen) atoms. The predicted molar refractivity (Wildman–Crippen MR) is 74.9 cm³/mol. The van der Waals surface area contributed by atoms with Gasteiger partial charge in [0, 0.05) is 18.3 Å². The van der Waals surface area contributed by atoms with E-state index in [1.54, 1.807) is 18.2 Å². The lowest BCUT2D eigenvalue weighted by Gasteiger charge is -2.08. The van der Waals surface area contributed by atoms with E-state index >= 15 is 0 Å². The molecule has 0 radical (unpaired) electrons. The van der Waals surface area contributed by atoms with Crippen LogP contribution in [0.5, 0.6) is 5.75 Å². The Balaban J connectivity index is 1.85. The summed E-state index contributed by atoms with van der Waals surface area (Å²) in [6.45, 7) is 0.277. The highest BCUT2D eigenvalue weighted by molar-refractivity contribution is 5.91. The number of hydrogen-bond donors (Lipinski definition) is 2. The second kappa shape index (κ2) is 6.68. The molecule has 2 aromatic carbocycles. The van der Waals surface area contributed by atoms with Gasteiger partial charge in [-0.25, -0.2) is 4.39 Å². The number of anilines is 1. The molecule has 0 aliphatic carbocycles. The predicted octanol–water partition coefficient (Wildman–Crippen LogP) is 2.30. The van der Waals surface area contributed by atoms with Gasteiger partial charge in [0.1, 0.15) is 11.6 Å². The van der Waals surface area contributed by atoms with Crippen LogP contribution in [0.3, 0.4) is 0 Å². The van der Waals surface area contributed by atoms with Gasteiger partial charge in [0.05, 0.1) is 0 Å². The molecule has 2 aromatic rings. The Labute approximate surface area is 116 Å². The zero-order chi connectivity index (χ0) is 14.4. The molecule has 104 valence electrons. The molecule has 2 rings (SSSR count). The van der Waals surface area contributed by atoms with Crippen LogP contribution in [0.1, 0.15) is 5.56 Å². The molecule has 4 nitrogen and oxygen atoms in total. The van der Waals surface area contributed by atoms with Crippen LogP contribution in [0.4, 0.5) is 10.1 Å². The highest BCUT2D eigenvalue weighted by Crippen LogP contribution is 2.12. The molecule has 1 amide bonds. The summed E-state index contributed by atoms with van der Waals surface area (Å²) in [5.74, 6) is -0.395. The zero-order valence-corrected chi connectivity index (χ0v) is 10.8. The first-order valence-corrected chi connectivity index (χ1v) is 6.14. The van der Waals surface area contributed by atoms with Gasteiger partial charge >= 0.3 is 0 Å². The Morgan fingerprint density at radius 2 is 1.95 bits per heavy atom. The van der Waals surface area contributed by atoms with Crippen molar-refractivity contribution in [2.75, 3.05) is 11.9 Å². The lowest BCUT2D eigenvalue weighted by atomic mass is 10.2. The fourth-order valence-corrected chi connectivity index (χ4v) is 1.63. The van der Waals surface area contributed by atoms with Crippen molar-refractivity contribution in [2.24, 2.45) is 5.73 Å². The van der Waals surface area contributed by atoms with Crippen molar-refractivity contribution >= 4 is 11.6 Å². The van der Waals surface area contributed by atoms with Crippen molar-refractivity contribution in [2.45, 2.75) is 6.54 Å². The molecule has 0 saturated carbocycles. The Kier molecular flexibility index (Phi) is 4.68. The fourth-order valence-electron chi connectivity index (χ4n) is 1.63. The normalized spacial score (nSPS) is 10.1. The Bertz CT molecular complexity index is 585. The number of halogens is 1. The number of nitrogens with two attached hydrogens (primary N) is 1. The molecule has 0 aliphatic heterocycles. The van der Waals surface area contributed by atoms with Crippen LogP contribution in [0.2, 0.25) is 0 Å². The third kappa shape index (κ3) is 4.07. The topological polar surface area (TPSA) is 64.3 Å². The van der Waals surface area contributed by atoms with Gasteiger partial charge in [-0.2, -0.15) is 0 Å². The second-order valence-electron chi connectivity index (χ2n) is 4.20. The molecular formula is C15H15FN2O2. The number of amides is 1. The minimum Gasteiger partial charge on any atom is -0.484 e. The summed E-state index contributed by atoms with van der Waals surface area (Å²) in [5.41, 5.74) is 7.13. The maximum atomic E-state index is 12.9. The molecule has 0 bridgehead atoms. The van der Waals surface area contributed by atoms with E-state index in [0.717, 1.165) is 5.56 Å². The Morgan fingerprint density at radius 3 is 2.60 bits per heavy atom. The van der Waals surface area contributed by atoms with Crippen molar-refractivity contribution in [3.8, 4) is 5.75 Å². The molecule has 0 saturated heterocycles. The summed E-state index contributed by atoms with van der Waals surface area (Å²) >= 11 is 0. The molecule has 0 aromatic heterocycles. The Morgan fingerprint density at radius 1 is 1.20 bits per heavy atom. The number of rotatable bonds is 5. The molecule has 5 heteroatoms. The standard InChI is InChI=1S/C15H15FN2O2/c16-12-2-1-3-14(8-12)20-10-15(19)18-13-6-4-11(9-17)5-7-13/h1-8H,9-10,17H2,(H,18,19). The van der Waals surface area contributed by atoms with E-state index < -0.39 is 5.82 Å². The van der Waals surface area contributed by atoms with Crippen LogP contribution in [0, 0.1) is 5.82 Å². The van der Waals surface area contributed by atoms with Crippen molar-refractivity contribution in [3.63, 3.8) is 0 Å². The van der Waals surface area contributed by atoms with E-state index in [1.807, 2.05) is 12.1 Å². The summed E-state index contributed by atoms with van der Waals surface area (Å²) in [7, 11) is 0. The van der Waals surface area contributed by atoms with Gasteiger partial charge in [-0.05, 0) is 29.8 Å². The second-order valence-corrected chi connectivity index (χ2v) is 4.20. The SMILES string of the molecule is NCc1ccc(NC(=O)COc2cccc(F)c2)cc1. The van der Waals surface area contributed by atoms with E-state index in [1.165, 1.54) is 18.2 Å². The van der Waals surface area contributed by atoms with Gasteiger partial charge in [-0.3, -0.25) is 4.79 Å². The van der Waals surface area contributed by atoms with Crippen LogP contribution < -0.4 is 15.8 Å². The van der Waals surface area contributed by atoms with Crippen molar-refractivity contribution in [1.29, 1.82) is 0 Å². The average molecular weight is 274 g/mol. The minimum atomic E-state index is -0.403. The highest BCUT2D eigenvalue weighted by atomic mass is 19.1. The smallest absolute Gasteiger partial charge is 0.262 e.